The number of hydrogen-bond acceptors (Lipinski definition) is 2. The van der Waals surface area contributed by atoms with Gasteiger partial charge in [0.05, 0.1) is 10.7 Å². The quantitative estimate of drug-likeness (QED) is 0.875. The monoisotopic (exact) mass is 265 g/mol. The fraction of sp³-hybridized carbons (Fsp3) is 0.143. The minimum atomic E-state index is -0.278. The molecule has 2 aromatic rings. The topological polar surface area (TPSA) is 32.3 Å². The summed E-state index contributed by atoms with van der Waals surface area (Å²) in [5.41, 5.74) is 2.20. The normalized spacial score (nSPS) is 10.4. The van der Waals surface area contributed by atoms with Crippen LogP contribution in [-0.4, -0.2) is 5.11 Å². The summed E-state index contributed by atoms with van der Waals surface area (Å²) in [6.45, 7) is 2.28. The molecule has 2 nitrogen and oxygen atoms in total. The van der Waals surface area contributed by atoms with Crippen molar-refractivity contribution in [3.63, 3.8) is 0 Å². The molecule has 2 aromatic carbocycles. The average molecular weight is 266 g/mol. The Hall–Kier alpha value is -1.74. The van der Waals surface area contributed by atoms with E-state index in [0.717, 1.165) is 11.1 Å². The van der Waals surface area contributed by atoms with E-state index in [4.69, 9.17) is 11.6 Å². The minimum absolute atomic E-state index is 0.0435. The lowest BCUT2D eigenvalue weighted by molar-refractivity contribution is 0.475. The third-order valence-corrected chi connectivity index (χ3v) is 2.92. The van der Waals surface area contributed by atoms with Gasteiger partial charge in [0.25, 0.3) is 0 Å². The smallest absolute Gasteiger partial charge is 0.146 e. The second-order valence-corrected chi connectivity index (χ2v) is 4.53. The summed E-state index contributed by atoms with van der Waals surface area (Å²) in [7, 11) is 0. The Morgan fingerprint density at radius 2 is 2.00 bits per heavy atom. The number of aryl methyl sites for hydroxylation is 1. The van der Waals surface area contributed by atoms with E-state index in [9.17, 15) is 9.50 Å². The van der Waals surface area contributed by atoms with Crippen LogP contribution < -0.4 is 5.32 Å². The molecule has 0 spiro atoms. The van der Waals surface area contributed by atoms with E-state index in [-0.39, 0.29) is 11.6 Å². The van der Waals surface area contributed by atoms with Crippen LogP contribution in [0.15, 0.2) is 36.4 Å². The van der Waals surface area contributed by atoms with Crippen LogP contribution in [-0.2, 0) is 6.54 Å². The Morgan fingerprint density at radius 3 is 2.67 bits per heavy atom. The minimum Gasteiger partial charge on any atom is -0.506 e. The number of benzene rings is 2. The van der Waals surface area contributed by atoms with Gasteiger partial charge in [-0.2, -0.15) is 0 Å². The third-order valence-electron chi connectivity index (χ3n) is 2.62. The molecule has 4 heteroatoms. The van der Waals surface area contributed by atoms with Crippen molar-refractivity contribution in [2.75, 3.05) is 5.32 Å². The lowest BCUT2D eigenvalue weighted by atomic mass is 10.2. The van der Waals surface area contributed by atoms with Crippen molar-refractivity contribution >= 4 is 17.3 Å². The fourth-order valence-corrected chi connectivity index (χ4v) is 1.82. The molecule has 0 fully saturated rings. The second kappa shape index (κ2) is 5.27. The van der Waals surface area contributed by atoms with Gasteiger partial charge in [-0.1, -0.05) is 23.7 Å². The number of phenolic OH excluding ortho intramolecular Hbond substituents is 1. The van der Waals surface area contributed by atoms with Gasteiger partial charge in [0.15, 0.2) is 0 Å². The Kier molecular flexibility index (Phi) is 3.72. The van der Waals surface area contributed by atoms with Gasteiger partial charge in [-0.3, -0.25) is 0 Å². The Balaban J connectivity index is 2.09. The molecule has 0 aliphatic carbocycles. The van der Waals surface area contributed by atoms with Crippen molar-refractivity contribution in [3.05, 3.63) is 58.4 Å². The largest absolute Gasteiger partial charge is 0.506 e. The molecule has 0 bridgehead atoms. The van der Waals surface area contributed by atoms with Crippen LogP contribution in [0, 0.1) is 12.7 Å². The van der Waals surface area contributed by atoms with Crippen molar-refractivity contribution in [2.45, 2.75) is 13.5 Å². The number of phenols is 1. The van der Waals surface area contributed by atoms with E-state index in [1.807, 2.05) is 13.0 Å². The molecule has 2 rings (SSSR count). The van der Waals surface area contributed by atoms with Gasteiger partial charge >= 0.3 is 0 Å². The zero-order valence-corrected chi connectivity index (χ0v) is 10.6. The van der Waals surface area contributed by atoms with Crippen molar-refractivity contribution in [1.82, 2.24) is 0 Å². The van der Waals surface area contributed by atoms with Crippen LogP contribution in [0.25, 0.3) is 0 Å². The van der Waals surface area contributed by atoms with Crippen molar-refractivity contribution in [2.24, 2.45) is 0 Å². The summed E-state index contributed by atoms with van der Waals surface area (Å²) in [5, 5.41) is 12.6. The molecule has 18 heavy (non-hydrogen) atoms. The molecule has 0 saturated carbocycles. The first kappa shape index (κ1) is 12.7. The Morgan fingerprint density at radius 1 is 1.22 bits per heavy atom. The zero-order chi connectivity index (χ0) is 13.1. The predicted octanol–water partition coefficient (Wildman–Crippen LogP) is 4.11. The first-order valence-corrected chi connectivity index (χ1v) is 5.91. The standard InChI is InChI=1S/C14H13ClFNO/c1-9-2-4-13(12(16)6-9)17-8-10-3-5-14(18)11(15)7-10/h2-7,17-18H,8H2,1H3. The maximum atomic E-state index is 13.6. The van der Waals surface area contributed by atoms with Crippen LogP contribution in [0.1, 0.15) is 11.1 Å². The number of anilines is 1. The molecule has 0 heterocycles. The van der Waals surface area contributed by atoms with Crippen LogP contribution in [0.3, 0.4) is 0 Å². The predicted molar refractivity (Wildman–Crippen MR) is 71.6 cm³/mol. The number of aromatic hydroxyl groups is 1. The van der Waals surface area contributed by atoms with Gasteiger partial charge in [-0.15, -0.1) is 0 Å². The second-order valence-electron chi connectivity index (χ2n) is 4.12. The molecular formula is C14H13ClFNO. The van der Waals surface area contributed by atoms with Crippen LogP contribution in [0.2, 0.25) is 5.02 Å². The molecule has 0 radical (unpaired) electrons. The Bertz CT molecular complexity index is 572. The van der Waals surface area contributed by atoms with Gasteiger partial charge in [0.2, 0.25) is 0 Å². The van der Waals surface area contributed by atoms with E-state index in [0.29, 0.717) is 17.3 Å². The first-order valence-electron chi connectivity index (χ1n) is 5.53. The third kappa shape index (κ3) is 2.93. The molecule has 0 amide bonds. The summed E-state index contributed by atoms with van der Waals surface area (Å²) < 4.78 is 13.6. The fourth-order valence-electron chi connectivity index (χ4n) is 1.62. The molecule has 0 atom stereocenters. The summed E-state index contributed by atoms with van der Waals surface area (Å²) in [5.74, 6) is -0.234. The number of rotatable bonds is 3. The number of hydrogen-bond donors (Lipinski definition) is 2. The molecule has 0 aromatic heterocycles. The van der Waals surface area contributed by atoms with Crippen LogP contribution in [0.4, 0.5) is 10.1 Å². The summed E-state index contributed by atoms with van der Waals surface area (Å²) in [6, 6.07) is 9.93. The van der Waals surface area contributed by atoms with E-state index in [1.54, 1.807) is 18.2 Å². The van der Waals surface area contributed by atoms with Crippen LogP contribution in [0.5, 0.6) is 5.75 Å². The summed E-state index contributed by atoms with van der Waals surface area (Å²) >= 11 is 5.80. The Labute approximate surface area is 110 Å². The highest BCUT2D eigenvalue weighted by Gasteiger charge is 2.03. The maximum absolute atomic E-state index is 13.6. The SMILES string of the molecule is Cc1ccc(NCc2ccc(O)c(Cl)c2)c(F)c1. The number of nitrogens with one attached hydrogen (secondary N) is 1. The molecule has 0 unspecified atom stereocenters. The van der Waals surface area contributed by atoms with Gasteiger partial charge in [-0.25, -0.2) is 4.39 Å². The van der Waals surface area contributed by atoms with Gasteiger partial charge in [0, 0.05) is 6.54 Å². The zero-order valence-electron chi connectivity index (χ0n) is 9.87. The van der Waals surface area contributed by atoms with Gasteiger partial charge < -0.3 is 10.4 Å². The van der Waals surface area contributed by atoms with Crippen molar-refractivity contribution in [1.29, 1.82) is 0 Å². The van der Waals surface area contributed by atoms with E-state index < -0.39 is 0 Å². The molecule has 2 N–H and O–H groups in total. The number of halogens is 2. The first-order chi connectivity index (χ1) is 8.56. The van der Waals surface area contributed by atoms with Crippen LogP contribution >= 0.6 is 11.6 Å². The summed E-state index contributed by atoms with van der Waals surface area (Å²) in [6.07, 6.45) is 0. The van der Waals surface area contributed by atoms with Crippen molar-refractivity contribution in [3.8, 4) is 5.75 Å². The van der Waals surface area contributed by atoms with Gasteiger partial charge in [0.1, 0.15) is 11.6 Å². The van der Waals surface area contributed by atoms with Gasteiger partial charge in [-0.05, 0) is 42.3 Å². The molecule has 94 valence electrons. The lowest BCUT2D eigenvalue weighted by Gasteiger charge is -2.09. The summed E-state index contributed by atoms with van der Waals surface area (Å²) in [4.78, 5) is 0. The molecular weight excluding hydrogens is 253 g/mol. The highest BCUT2D eigenvalue weighted by molar-refractivity contribution is 6.32. The highest BCUT2D eigenvalue weighted by atomic mass is 35.5. The molecule has 0 saturated heterocycles. The highest BCUT2D eigenvalue weighted by Crippen LogP contribution is 2.24. The molecule has 0 aliphatic heterocycles. The lowest BCUT2D eigenvalue weighted by Crippen LogP contribution is -2.01. The molecule has 0 aliphatic rings. The van der Waals surface area contributed by atoms with E-state index in [2.05, 4.69) is 5.32 Å². The van der Waals surface area contributed by atoms with E-state index >= 15 is 0 Å². The average Bonchev–Trinajstić information content (AvgIpc) is 2.32. The van der Waals surface area contributed by atoms with E-state index in [1.165, 1.54) is 12.1 Å². The maximum Gasteiger partial charge on any atom is 0.146 e. The van der Waals surface area contributed by atoms with Crippen molar-refractivity contribution < 1.29 is 9.50 Å².